The Morgan fingerprint density at radius 1 is 1.09 bits per heavy atom. The smallest absolute Gasteiger partial charge is 0.326 e. The van der Waals surface area contributed by atoms with E-state index < -0.39 is 29.3 Å². The van der Waals surface area contributed by atoms with E-state index in [9.17, 15) is 23.5 Å². The maximum absolute atomic E-state index is 13.7. The Morgan fingerprint density at radius 3 is 2.44 bits per heavy atom. The number of nitrogens with one attached hydrogen (secondary N) is 2. The molecule has 176 valence electrons. The Labute approximate surface area is 199 Å². The summed E-state index contributed by atoms with van der Waals surface area (Å²) in [6.07, 6.45) is 6.73. The Bertz CT molecular complexity index is 1290. The lowest BCUT2D eigenvalue weighted by Gasteiger charge is -2.32. The van der Waals surface area contributed by atoms with E-state index in [4.69, 9.17) is 0 Å². The Hall–Kier alpha value is -3.59. The molecule has 0 fully saturated rings. The SMILES string of the molecule is CC(C)[C@H](NC(=O)C1(Nc2nc3ccc(F)cc3s2)C=CC(c2cccc(F)c2)C=C1)C(=O)O. The molecule has 0 bridgehead atoms. The van der Waals surface area contributed by atoms with Crippen LogP contribution >= 0.6 is 11.3 Å². The molecule has 1 amide bonds. The van der Waals surface area contributed by atoms with Gasteiger partial charge in [0.1, 0.15) is 17.7 Å². The number of nitrogens with zero attached hydrogens (tertiary/aromatic N) is 1. The number of hydrogen-bond donors (Lipinski definition) is 3. The van der Waals surface area contributed by atoms with Crippen molar-refractivity contribution in [2.75, 3.05) is 5.32 Å². The molecule has 3 N–H and O–H groups in total. The lowest BCUT2D eigenvalue weighted by atomic mass is 9.85. The van der Waals surface area contributed by atoms with Gasteiger partial charge in [-0.05, 0) is 54.0 Å². The Morgan fingerprint density at radius 2 is 1.79 bits per heavy atom. The molecule has 1 heterocycles. The Balaban J connectivity index is 1.68. The predicted molar refractivity (Wildman–Crippen MR) is 128 cm³/mol. The van der Waals surface area contributed by atoms with Crippen molar-refractivity contribution in [3.05, 3.63) is 84.0 Å². The van der Waals surface area contributed by atoms with E-state index in [1.807, 2.05) is 0 Å². The van der Waals surface area contributed by atoms with Crippen LogP contribution in [-0.2, 0) is 9.59 Å². The maximum atomic E-state index is 13.7. The highest BCUT2D eigenvalue weighted by atomic mass is 32.1. The number of amides is 1. The minimum absolute atomic E-state index is 0.275. The van der Waals surface area contributed by atoms with Crippen molar-refractivity contribution in [1.82, 2.24) is 10.3 Å². The second kappa shape index (κ2) is 9.34. The van der Waals surface area contributed by atoms with Crippen LogP contribution in [0.4, 0.5) is 13.9 Å². The molecular weight excluding hydrogens is 460 g/mol. The second-order valence-electron chi connectivity index (χ2n) is 8.46. The number of allylic oxidation sites excluding steroid dienone is 2. The normalized spacial score (nSPS) is 20.4. The van der Waals surface area contributed by atoms with Crippen LogP contribution < -0.4 is 10.6 Å². The summed E-state index contributed by atoms with van der Waals surface area (Å²) in [4.78, 5) is 29.6. The molecule has 1 atom stereocenters. The molecule has 0 unspecified atom stereocenters. The molecule has 6 nitrogen and oxygen atoms in total. The van der Waals surface area contributed by atoms with Crippen LogP contribution in [0.25, 0.3) is 10.2 Å². The highest BCUT2D eigenvalue weighted by Crippen LogP contribution is 2.33. The molecule has 1 aliphatic rings. The van der Waals surface area contributed by atoms with Crippen LogP contribution in [0.1, 0.15) is 25.3 Å². The Kier molecular flexibility index (Phi) is 6.47. The summed E-state index contributed by atoms with van der Waals surface area (Å²) in [5, 5.41) is 15.6. The molecule has 34 heavy (non-hydrogen) atoms. The highest BCUT2D eigenvalue weighted by Gasteiger charge is 2.39. The van der Waals surface area contributed by atoms with Crippen molar-refractivity contribution in [3.63, 3.8) is 0 Å². The molecule has 0 saturated heterocycles. The zero-order valence-electron chi connectivity index (χ0n) is 18.5. The van der Waals surface area contributed by atoms with Gasteiger partial charge in [0.15, 0.2) is 10.7 Å². The van der Waals surface area contributed by atoms with Crippen molar-refractivity contribution >= 4 is 38.6 Å². The van der Waals surface area contributed by atoms with Gasteiger partial charge in [0.25, 0.3) is 5.91 Å². The van der Waals surface area contributed by atoms with Gasteiger partial charge in [0.05, 0.1) is 10.2 Å². The van der Waals surface area contributed by atoms with Gasteiger partial charge >= 0.3 is 5.97 Å². The van der Waals surface area contributed by atoms with Crippen molar-refractivity contribution in [3.8, 4) is 0 Å². The average Bonchev–Trinajstić information content (AvgIpc) is 3.18. The fraction of sp³-hybridized carbons (Fsp3) is 0.240. The molecular formula is C25H23F2N3O3S. The number of fused-ring (bicyclic) bond motifs is 1. The molecule has 0 spiro atoms. The first kappa shape index (κ1) is 23.6. The van der Waals surface area contributed by atoms with Crippen LogP contribution in [0.3, 0.4) is 0 Å². The summed E-state index contributed by atoms with van der Waals surface area (Å²) in [7, 11) is 0. The van der Waals surface area contributed by atoms with E-state index in [1.165, 1.54) is 35.6 Å². The number of benzene rings is 2. The van der Waals surface area contributed by atoms with Crippen molar-refractivity contribution < 1.29 is 23.5 Å². The summed E-state index contributed by atoms with van der Waals surface area (Å²) in [6, 6.07) is 9.27. The monoisotopic (exact) mass is 483 g/mol. The van der Waals surface area contributed by atoms with Gasteiger partial charge in [-0.3, -0.25) is 4.79 Å². The molecule has 1 aliphatic carbocycles. The molecule has 4 rings (SSSR count). The number of carboxylic acids is 1. The van der Waals surface area contributed by atoms with E-state index in [-0.39, 0.29) is 17.7 Å². The van der Waals surface area contributed by atoms with Crippen molar-refractivity contribution in [2.24, 2.45) is 5.92 Å². The van der Waals surface area contributed by atoms with Crippen molar-refractivity contribution in [2.45, 2.75) is 31.3 Å². The topological polar surface area (TPSA) is 91.3 Å². The van der Waals surface area contributed by atoms with E-state index in [0.717, 1.165) is 0 Å². The number of carboxylic acid groups (broad SMARTS) is 1. The molecule has 3 aromatic rings. The number of aromatic nitrogens is 1. The summed E-state index contributed by atoms with van der Waals surface area (Å²) in [5.74, 6) is -3.11. The summed E-state index contributed by atoms with van der Waals surface area (Å²) < 4.78 is 27.9. The fourth-order valence-corrected chi connectivity index (χ4v) is 4.72. The standard InChI is InChI=1S/C25H23F2N3O3S/c1-14(2)21(22(31)32)29-23(33)25(30-24-28-19-7-6-18(27)13-20(19)34-24)10-8-15(9-11-25)16-4-3-5-17(26)12-16/h3-15,21H,1-2H3,(H,28,30)(H,29,33)(H,31,32)/t15?,21-,25?/m0/s1. The minimum Gasteiger partial charge on any atom is -0.480 e. The first-order valence-corrected chi connectivity index (χ1v) is 11.5. The van der Waals surface area contributed by atoms with Crippen LogP contribution in [0.15, 0.2) is 66.8 Å². The summed E-state index contributed by atoms with van der Waals surface area (Å²) >= 11 is 1.18. The third-order valence-electron chi connectivity index (χ3n) is 5.63. The van der Waals surface area contributed by atoms with Crippen LogP contribution in [0.2, 0.25) is 0 Å². The zero-order valence-corrected chi connectivity index (χ0v) is 19.3. The van der Waals surface area contributed by atoms with Gasteiger partial charge in [-0.15, -0.1) is 0 Å². The van der Waals surface area contributed by atoms with E-state index in [1.54, 1.807) is 56.4 Å². The summed E-state index contributed by atoms with van der Waals surface area (Å²) in [6.45, 7) is 3.40. The van der Waals surface area contributed by atoms with Gasteiger partial charge < -0.3 is 15.7 Å². The number of anilines is 1. The van der Waals surface area contributed by atoms with Crippen LogP contribution in [0.5, 0.6) is 0 Å². The van der Waals surface area contributed by atoms with Gasteiger partial charge in [0.2, 0.25) is 0 Å². The van der Waals surface area contributed by atoms with Gasteiger partial charge in [-0.25, -0.2) is 18.6 Å². The molecule has 0 radical (unpaired) electrons. The fourth-order valence-electron chi connectivity index (χ4n) is 3.76. The number of hydrogen-bond acceptors (Lipinski definition) is 5. The van der Waals surface area contributed by atoms with Crippen molar-refractivity contribution in [1.29, 1.82) is 0 Å². The molecule has 1 aromatic heterocycles. The van der Waals surface area contributed by atoms with Gasteiger partial charge in [0, 0.05) is 5.92 Å². The van der Waals surface area contributed by atoms with E-state index in [0.29, 0.717) is 20.9 Å². The third-order valence-corrected chi connectivity index (χ3v) is 6.56. The first-order valence-electron chi connectivity index (χ1n) is 10.7. The lowest BCUT2D eigenvalue weighted by Crippen LogP contribution is -2.56. The molecule has 2 aromatic carbocycles. The molecule has 0 saturated carbocycles. The van der Waals surface area contributed by atoms with Gasteiger partial charge in [-0.1, -0.05) is 49.5 Å². The highest BCUT2D eigenvalue weighted by molar-refractivity contribution is 7.22. The first-order chi connectivity index (χ1) is 16.2. The maximum Gasteiger partial charge on any atom is 0.326 e. The second-order valence-corrected chi connectivity index (χ2v) is 9.49. The van der Waals surface area contributed by atoms with Crippen LogP contribution in [-0.4, -0.2) is 33.5 Å². The van der Waals surface area contributed by atoms with E-state index in [2.05, 4.69) is 15.6 Å². The quantitative estimate of drug-likeness (QED) is 0.418. The van der Waals surface area contributed by atoms with E-state index >= 15 is 0 Å². The number of halogens is 2. The summed E-state index contributed by atoms with van der Waals surface area (Å²) in [5.41, 5.74) is -0.169. The number of carbonyl (C=O) groups is 2. The number of carbonyl (C=O) groups excluding carboxylic acids is 1. The number of thiazole rings is 1. The molecule has 9 heteroatoms. The third kappa shape index (κ3) is 4.84. The number of aliphatic carboxylic acids is 1. The number of rotatable bonds is 7. The van der Waals surface area contributed by atoms with Gasteiger partial charge in [-0.2, -0.15) is 0 Å². The zero-order chi connectivity index (χ0) is 24.5. The minimum atomic E-state index is -1.45. The predicted octanol–water partition coefficient (Wildman–Crippen LogP) is 4.86. The van der Waals surface area contributed by atoms with Crippen LogP contribution in [0, 0.1) is 17.6 Å². The largest absolute Gasteiger partial charge is 0.480 e. The lowest BCUT2D eigenvalue weighted by molar-refractivity contribution is -0.143. The molecule has 0 aliphatic heterocycles. The average molecular weight is 484 g/mol.